The van der Waals surface area contributed by atoms with E-state index in [1.165, 1.54) is 12.1 Å². The number of amides is 1. The molecule has 0 aliphatic carbocycles. The number of nitrogens with one attached hydrogen (secondary N) is 1. The van der Waals surface area contributed by atoms with Crippen LogP contribution >= 0.6 is 0 Å². The molecule has 0 fully saturated rings. The summed E-state index contributed by atoms with van der Waals surface area (Å²) in [5.41, 5.74) is 0.479. The second-order valence-corrected chi connectivity index (χ2v) is 4.68. The molecule has 0 aliphatic heterocycles. The Bertz CT molecular complexity index is 830. The van der Waals surface area contributed by atoms with Gasteiger partial charge in [-0.2, -0.15) is 0 Å². The van der Waals surface area contributed by atoms with Crippen molar-refractivity contribution in [3.63, 3.8) is 0 Å². The molecule has 0 bridgehead atoms. The summed E-state index contributed by atoms with van der Waals surface area (Å²) in [5.74, 6) is -1.26. The molecule has 1 amide bonds. The first-order valence-corrected chi connectivity index (χ1v) is 6.42. The van der Waals surface area contributed by atoms with Crippen LogP contribution in [0.5, 0.6) is 5.75 Å². The molecular formula is C17H12FNO2. The summed E-state index contributed by atoms with van der Waals surface area (Å²) in [7, 11) is 0. The third-order valence-corrected chi connectivity index (χ3v) is 3.21. The first-order valence-electron chi connectivity index (χ1n) is 6.42. The minimum Gasteiger partial charge on any atom is -0.508 e. The third-order valence-electron chi connectivity index (χ3n) is 3.21. The number of hydrogen-bond acceptors (Lipinski definition) is 2. The summed E-state index contributed by atoms with van der Waals surface area (Å²) in [4.78, 5) is 12.2. The molecule has 0 saturated carbocycles. The fourth-order valence-corrected chi connectivity index (χ4v) is 2.13. The second kappa shape index (κ2) is 5.25. The number of hydrogen-bond donors (Lipinski definition) is 2. The van der Waals surface area contributed by atoms with E-state index < -0.39 is 11.7 Å². The zero-order valence-corrected chi connectivity index (χ0v) is 11.0. The minimum absolute atomic E-state index is 0.0333. The SMILES string of the molecule is O=C(Nc1ccc(O)cc1F)c1ccc2ccccc2c1. The molecule has 3 rings (SSSR count). The van der Waals surface area contributed by atoms with Gasteiger partial charge in [0.1, 0.15) is 11.6 Å². The third kappa shape index (κ3) is 2.69. The molecule has 0 spiro atoms. The number of phenolic OH excluding ortho intramolecular Hbond substituents is 1. The van der Waals surface area contributed by atoms with Crippen molar-refractivity contribution in [2.24, 2.45) is 0 Å². The average Bonchev–Trinajstić information content (AvgIpc) is 2.49. The van der Waals surface area contributed by atoms with Gasteiger partial charge in [-0.15, -0.1) is 0 Å². The molecule has 0 heterocycles. The van der Waals surface area contributed by atoms with Crippen molar-refractivity contribution >= 4 is 22.4 Å². The van der Waals surface area contributed by atoms with E-state index >= 15 is 0 Å². The normalized spacial score (nSPS) is 10.5. The fourth-order valence-electron chi connectivity index (χ4n) is 2.13. The monoisotopic (exact) mass is 281 g/mol. The van der Waals surface area contributed by atoms with Gasteiger partial charge in [-0.3, -0.25) is 4.79 Å². The standard InChI is InChI=1S/C17H12FNO2/c18-15-10-14(20)7-8-16(15)19-17(21)13-6-5-11-3-1-2-4-12(11)9-13/h1-10,20H,(H,19,21). The molecule has 3 aromatic rings. The number of carbonyl (C=O) groups excluding carboxylic acids is 1. The van der Waals surface area contributed by atoms with E-state index in [0.717, 1.165) is 16.8 Å². The van der Waals surface area contributed by atoms with E-state index in [1.807, 2.05) is 30.3 Å². The number of halogens is 1. The molecule has 21 heavy (non-hydrogen) atoms. The molecule has 4 heteroatoms. The first-order chi connectivity index (χ1) is 10.1. The Kier molecular flexibility index (Phi) is 3.28. The summed E-state index contributed by atoms with van der Waals surface area (Å²) in [6.07, 6.45) is 0. The number of fused-ring (bicyclic) bond motifs is 1. The predicted octanol–water partition coefficient (Wildman–Crippen LogP) is 3.94. The molecule has 0 aliphatic rings. The maximum absolute atomic E-state index is 13.6. The Labute approximate surface area is 120 Å². The Morgan fingerprint density at radius 1 is 0.952 bits per heavy atom. The number of anilines is 1. The zero-order chi connectivity index (χ0) is 14.8. The van der Waals surface area contributed by atoms with Gasteiger partial charge < -0.3 is 10.4 Å². The van der Waals surface area contributed by atoms with Crippen molar-refractivity contribution in [3.8, 4) is 5.75 Å². The van der Waals surface area contributed by atoms with Gasteiger partial charge in [-0.25, -0.2) is 4.39 Å². The molecular weight excluding hydrogens is 269 g/mol. The van der Waals surface area contributed by atoms with E-state index in [-0.39, 0.29) is 11.4 Å². The Balaban J connectivity index is 1.89. The van der Waals surface area contributed by atoms with Gasteiger partial charge in [-0.05, 0) is 35.0 Å². The van der Waals surface area contributed by atoms with Crippen molar-refractivity contribution in [2.45, 2.75) is 0 Å². The van der Waals surface area contributed by atoms with Crippen LogP contribution in [0.25, 0.3) is 10.8 Å². The summed E-state index contributed by atoms with van der Waals surface area (Å²) >= 11 is 0. The van der Waals surface area contributed by atoms with Crippen molar-refractivity contribution in [3.05, 3.63) is 72.0 Å². The van der Waals surface area contributed by atoms with Crippen molar-refractivity contribution in [1.82, 2.24) is 0 Å². The fraction of sp³-hybridized carbons (Fsp3) is 0. The molecule has 104 valence electrons. The number of aromatic hydroxyl groups is 1. The molecule has 0 radical (unpaired) electrons. The molecule has 0 saturated heterocycles. The minimum atomic E-state index is -0.677. The number of phenols is 1. The smallest absolute Gasteiger partial charge is 0.255 e. The lowest BCUT2D eigenvalue weighted by atomic mass is 10.1. The highest BCUT2D eigenvalue weighted by atomic mass is 19.1. The quantitative estimate of drug-likeness (QED) is 0.699. The largest absolute Gasteiger partial charge is 0.508 e. The van der Waals surface area contributed by atoms with Crippen LogP contribution in [-0.2, 0) is 0 Å². The predicted molar refractivity (Wildman–Crippen MR) is 80.0 cm³/mol. The van der Waals surface area contributed by atoms with E-state index in [2.05, 4.69) is 5.32 Å². The van der Waals surface area contributed by atoms with Crippen molar-refractivity contribution in [2.75, 3.05) is 5.32 Å². The Morgan fingerprint density at radius 3 is 2.48 bits per heavy atom. The molecule has 0 unspecified atom stereocenters. The van der Waals surface area contributed by atoms with Crippen molar-refractivity contribution < 1.29 is 14.3 Å². The molecule has 0 atom stereocenters. The summed E-state index contributed by atoms with van der Waals surface area (Å²) < 4.78 is 13.6. The first kappa shape index (κ1) is 13.1. The van der Waals surface area contributed by atoms with Crippen LogP contribution in [0, 0.1) is 5.82 Å². The van der Waals surface area contributed by atoms with Crippen LogP contribution in [0.3, 0.4) is 0 Å². The number of carbonyl (C=O) groups is 1. The second-order valence-electron chi connectivity index (χ2n) is 4.68. The van der Waals surface area contributed by atoms with Gasteiger partial charge in [-0.1, -0.05) is 30.3 Å². The maximum atomic E-state index is 13.6. The van der Waals surface area contributed by atoms with Crippen molar-refractivity contribution in [1.29, 1.82) is 0 Å². The maximum Gasteiger partial charge on any atom is 0.255 e. The van der Waals surface area contributed by atoms with Crippen LogP contribution in [-0.4, -0.2) is 11.0 Å². The van der Waals surface area contributed by atoms with Gasteiger partial charge >= 0.3 is 0 Å². The van der Waals surface area contributed by atoms with E-state index in [9.17, 15) is 9.18 Å². The highest BCUT2D eigenvalue weighted by Gasteiger charge is 2.10. The molecule has 0 aromatic heterocycles. The molecule has 3 nitrogen and oxygen atoms in total. The summed E-state index contributed by atoms with van der Waals surface area (Å²) in [5, 5.41) is 13.6. The lowest BCUT2D eigenvalue weighted by molar-refractivity contribution is 0.102. The van der Waals surface area contributed by atoms with Gasteiger partial charge in [0.15, 0.2) is 0 Å². The van der Waals surface area contributed by atoms with Gasteiger partial charge in [0.05, 0.1) is 5.69 Å². The Morgan fingerprint density at radius 2 is 1.71 bits per heavy atom. The molecule has 3 aromatic carbocycles. The van der Waals surface area contributed by atoms with Gasteiger partial charge in [0, 0.05) is 11.6 Å². The van der Waals surface area contributed by atoms with E-state index in [4.69, 9.17) is 5.11 Å². The summed E-state index contributed by atoms with van der Waals surface area (Å²) in [6.45, 7) is 0. The van der Waals surface area contributed by atoms with E-state index in [0.29, 0.717) is 5.56 Å². The van der Waals surface area contributed by atoms with Crippen LogP contribution in [0.2, 0.25) is 0 Å². The van der Waals surface area contributed by atoms with Gasteiger partial charge in [0.2, 0.25) is 0 Å². The lowest BCUT2D eigenvalue weighted by Crippen LogP contribution is -2.12. The zero-order valence-electron chi connectivity index (χ0n) is 11.0. The van der Waals surface area contributed by atoms with Gasteiger partial charge in [0.25, 0.3) is 5.91 Å². The Hall–Kier alpha value is -2.88. The highest BCUT2D eigenvalue weighted by molar-refractivity contribution is 6.06. The highest BCUT2D eigenvalue weighted by Crippen LogP contribution is 2.21. The van der Waals surface area contributed by atoms with Crippen LogP contribution in [0.15, 0.2) is 60.7 Å². The number of rotatable bonds is 2. The topological polar surface area (TPSA) is 49.3 Å². The van der Waals surface area contributed by atoms with Crippen LogP contribution in [0.1, 0.15) is 10.4 Å². The summed E-state index contributed by atoms with van der Waals surface area (Å²) in [6, 6.07) is 16.6. The average molecular weight is 281 g/mol. The lowest BCUT2D eigenvalue weighted by Gasteiger charge is -2.07. The van der Waals surface area contributed by atoms with Crippen LogP contribution in [0.4, 0.5) is 10.1 Å². The molecule has 2 N–H and O–H groups in total. The number of benzene rings is 3. The van der Waals surface area contributed by atoms with E-state index in [1.54, 1.807) is 12.1 Å². The van der Waals surface area contributed by atoms with Crippen LogP contribution < -0.4 is 5.32 Å².